The predicted molar refractivity (Wildman–Crippen MR) is 117 cm³/mol. The van der Waals surface area contributed by atoms with E-state index in [2.05, 4.69) is 5.16 Å². The van der Waals surface area contributed by atoms with Crippen molar-refractivity contribution in [2.45, 2.75) is 18.7 Å². The Balaban J connectivity index is 2.07. The molecule has 0 unspecified atom stereocenters. The van der Waals surface area contributed by atoms with E-state index in [-0.39, 0.29) is 29.7 Å². The third-order valence-electron chi connectivity index (χ3n) is 4.90. The molecule has 1 aromatic heterocycles. The topological polar surface area (TPSA) is 119 Å². The number of methoxy groups -OCH3 is 1. The third kappa shape index (κ3) is 4.82. The molecule has 0 aliphatic carbocycles. The van der Waals surface area contributed by atoms with Crippen LogP contribution in [0, 0.1) is 13.8 Å². The highest BCUT2D eigenvalue weighted by Crippen LogP contribution is 2.33. The fourth-order valence-corrected chi connectivity index (χ4v) is 4.56. The van der Waals surface area contributed by atoms with E-state index in [0.29, 0.717) is 29.0 Å². The minimum absolute atomic E-state index is 0.0202. The van der Waals surface area contributed by atoms with Gasteiger partial charge < -0.3 is 19.1 Å². The highest BCUT2D eigenvalue weighted by atomic mass is 32.2. The van der Waals surface area contributed by atoms with Gasteiger partial charge in [0.25, 0.3) is 10.0 Å². The maximum Gasteiger partial charge on any atom is 0.335 e. The summed E-state index contributed by atoms with van der Waals surface area (Å²) in [6, 6.07) is 12.5. The van der Waals surface area contributed by atoms with E-state index in [1.807, 2.05) is 0 Å². The second kappa shape index (κ2) is 9.94. The summed E-state index contributed by atoms with van der Waals surface area (Å²) < 4.78 is 44.4. The first-order valence-corrected chi connectivity index (χ1v) is 11.2. The van der Waals surface area contributed by atoms with Crippen molar-refractivity contribution in [1.82, 2.24) is 5.16 Å². The minimum atomic E-state index is -4.14. The Kier molecular flexibility index (Phi) is 7.29. The molecule has 0 saturated carbocycles. The zero-order valence-corrected chi connectivity index (χ0v) is 18.8. The molecule has 0 fully saturated rings. The van der Waals surface area contributed by atoms with Gasteiger partial charge in [0.2, 0.25) is 5.88 Å². The number of sulfonamides is 1. The van der Waals surface area contributed by atoms with Crippen LogP contribution in [0.15, 0.2) is 57.9 Å². The van der Waals surface area contributed by atoms with Gasteiger partial charge in [0.1, 0.15) is 6.73 Å². The van der Waals surface area contributed by atoms with Gasteiger partial charge in [-0.05, 0) is 37.6 Å². The Hall–Kier alpha value is -3.21. The maximum absolute atomic E-state index is 13.8. The summed E-state index contributed by atoms with van der Waals surface area (Å²) in [5, 5.41) is 13.0. The van der Waals surface area contributed by atoms with Crippen molar-refractivity contribution in [2.75, 3.05) is 31.4 Å². The normalized spacial score (nSPS) is 11.5. The Morgan fingerprint density at radius 1 is 1.09 bits per heavy atom. The zero-order chi connectivity index (χ0) is 23.3. The summed E-state index contributed by atoms with van der Waals surface area (Å²) in [6.07, 6.45) is 0. The van der Waals surface area contributed by atoms with E-state index in [0.717, 1.165) is 4.31 Å². The lowest BCUT2D eigenvalue weighted by Gasteiger charge is -2.23. The first kappa shape index (κ1) is 23.5. The van der Waals surface area contributed by atoms with Crippen molar-refractivity contribution in [3.8, 4) is 11.1 Å². The molecule has 0 amide bonds. The first-order chi connectivity index (χ1) is 15.3. The highest BCUT2D eigenvalue weighted by Gasteiger charge is 2.32. The molecule has 32 heavy (non-hydrogen) atoms. The summed E-state index contributed by atoms with van der Waals surface area (Å²) in [6.45, 7) is 3.63. The van der Waals surface area contributed by atoms with Crippen LogP contribution in [0.1, 0.15) is 21.6 Å². The van der Waals surface area contributed by atoms with Crippen LogP contribution in [0.3, 0.4) is 0 Å². The van der Waals surface area contributed by atoms with Crippen molar-refractivity contribution in [1.29, 1.82) is 0 Å². The maximum atomic E-state index is 13.8. The molecule has 10 heteroatoms. The van der Waals surface area contributed by atoms with E-state index in [4.69, 9.17) is 19.1 Å². The van der Waals surface area contributed by atoms with Crippen LogP contribution in [0.25, 0.3) is 11.1 Å². The Morgan fingerprint density at radius 2 is 1.78 bits per heavy atom. The van der Waals surface area contributed by atoms with Crippen LogP contribution in [0.5, 0.6) is 0 Å². The SMILES string of the molecule is COCCOCN(c1onc(C)c1C)S(=O)(=O)c1ccccc1-c1ccc(C(=O)O)cc1. The van der Waals surface area contributed by atoms with Gasteiger partial charge in [-0.2, -0.15) is 0 Å². The second-order valence-corrected chi connectivity index (χ2v) is 8.79. The molecule has 9 nitrogen and oxygen atoms in total. The fraction of sp³-hybridized carbons (Fsp3) is 0.273. The van der Waals surface area contributed by atoms with Crippen LogP contribution in [0.4, 0.5) is 5.88 Å². The van der Waals surface area contributed by atoms with E-state index >= 15 is 0 Å². The van der Waals surface area contributed by atoms with Crippen LogP contribution < -0.4 is 4.31 Å². The van der Waals surface area contributed by atoms with Crippen LogP contribution in [0.2, 0.25) is 0 Å². The molecule has 2 aromatic carbocycles. The van der Waals surface area contributed by atoms with E-state index in [1.54, 1.807) is 44.2 Å². The molecular weight excluding hydrogens is 436 g/mol. The molecule has 3 rings (SSSR count). The summed E-state index contributed by atoms with van der Waals surface area (Å²) in [5.74, 6) is -0.996. The van der Waals surface area contributed by atoms with Crippen LogP contribution in [-0.2, 0) is 19.5 Å². The smallest absolute Gasteiger partial charge is 0.335 e. The van der Waals surface area contributed by atoms with Crippen molar-refractivity contribution < 1.29 is 32.3 Å². The highest BCUT2D eigenvalue weighted by molar-refractivity contribution is 7.93. The second-order valence-electron chi connectivity index (χ2n) is 6.96. The van der Waals surface area contributed by atoms with Crippen molar-refractivity contribution in [3.05, 3.63) is 65.4 Å². The molecule has 170 valence electrons. The number of nitrogens with zero attached hydrogens (tertiary/aromatic N) is 2. The molecule has 0 bridgehead atoms. The molecule has 0 atom stereocenters. The van der Waals surface area contributed by atoms with Gasteiger partial charge >= 0.3 is 5.97 Å². The standard InChI is InChI=1S/C22H24N2O7S/c1-15-16(2)23-31-21(15)24(14-30-13-12-29-3)32(27,28)20-7-5-4-6-19(20)17-8-10-18(11-9-17)22(25)26/h4-11H,12-14H2,1-3H3,(H,25,26). The van der Waals surface area contributed by atoms with Gasteiger partial charge in [0.05, 0.1) is 29.4 Å². The fourth-order valence-electron chi connectivity index (χ4n) is 3.00. The number of hydrogen-bond acceptors (Lipinski definition) is 7. The van der Waals surface area contributed by atoms with Gasteiger partial charge in [0, 0.05) is 18.2 Å². The van der Waals surface area contributed by atoms with Crippen molar-refractivity contribution in [2.24, 2.45) is 0 Å². The minimum Gasteiger partial charge on any atom is -0.478 e. The van der Waals surface area contributed by atoms with E-state index < -0.39 is 16.0 Å². The molecule has 0 radical (unpaired) electrons. The quantitative estimate of drug-likeness (QED) is 0.361. The average Bonchev–Trinajstić information content (AvgIpc) is 3.11. The number of aryl methyl sites for hydroxylation is 1. The van der Waals surface area contributed by atoms with Gasteiger partial charge in [-0.1, -0.05) is 35.5 Å². The summed E-state index contributed by atoms with van der Waals surface area (Å²) >= 11 is 0. The summed E-state index contributed by atoms with van der Waals surface area (Å²) in [5.41, 5.74) is 2.22. The summed E-state index contributed by atoms with van der Waals surface area (Å²) in [7, 11) is -2.62. The number of carboxylic acid groups (broad SMARTS) is 1. The number of aromatic nitrogens is 1. The molecule has 0 aliphatic heterocycles. The van der Waals surface area contributed by atoms with Gasteiger partial charge in [-0.15, -0.1) is 0 Å². The number of rotatable bonds is 10. The monoisotopic (exact) mass is 460 g/mol. The summed E-state index contributed by atoms with van der Waals surface area (Å²) in [4.78, 5) is 11.2. The van der Waals surface area contributed by atoms with Crippen molar-refractivity contribution >= 4 is 21.9 Å². The average molecular weight is 461 g/mol. The lowest BCUT2D eigenvalue weighted by Crippen LogP contribution is -2.34. The number of anilines is 1. The lowest BCUT2D eigenvalue weighted by molar-refractivity contribution is 0.0697. The lowest BCUT2D eigenvalue weighted by atomic mass is 10.0. The van der Waals surface area contributed by atoms with E-state index in [1.165, 1.54) is 25.3 Å². The third-order valence-corrected chi connectivity index (χ3v) is 6.66. The molecule has 3 aromatic rings. The predicted octanol–water partition coefficient (Wildman–Crippen LogP) is 3.47. The number of aromatic carboxylic acids is 1. The van der Waals surface area contributed by atoms with Crippen LogP contribution >= 0.6 is 0 Å². The van der Waals surface area contributed by atoms with Gasteiger partial charge in [-0.3, -0.25) is 0 Å². The number of carboxylic acids is 1. The Bertz CT molecular complexity index is 1190. The number of hydrogen-bond donors (Lipinski definition) is 1. The molecule has 0 aliphatic rings. The first-order valence-electron chi connectivity index (χ1n) is 9.72. The molecule has 1 heterocycles. The van der Waals surface area contributed by atoms with Gasteiger partial charge in [-0.25, -0.2) is 17.5 Å². The number of carbonyl (C=O) groups is 1. The Morgan fingerprint density at radius 3 is 2.38 bits per heavy atom. The van der Waals surface area contributed by atoms with Gasteiger partial charge in [0.15, 0.2) is 0 Å². The molecule has 0 saturated heterocycles. The largest absolute Gasteiger partial charge is 0.478 e. The van der Waals surface area contributed by atoms with E-state index in [9.17, 15) is 13.2 Å². The van der Waals surface area contributed by atoms with Crippen LogP contribution in [-0.4, -0.2) is 51.7 Å². The zero-order valence-electron chi connectivity index (χ0n) is 17.9. The Labute approximate surface area is 186 Å². The van der Waals surface area contributed by atoms with Crippen molar-refractivity contribution in [3.63, 3.8) is 0 Å². The molecule has 1 N–H and O–H groups in total. The number of ether oxygens (including phenoxy) is 2. The molecule has 0 spiro atoms. The number of benzene rings is 2. The molecular formula is C22H24N2O7S.